The maximum absolute atomic E-state index is 11.7. The molecule has 0 aliphatic carbocycles. The van der Waals surface area contributed by atoms with Crippen molar-refractivity contribution in [1.82, 2.24) is 5.32 Å². The number of hydrogen-bond donors (Lipinski definition) is 2. The first-order chi connectivity index (χ1) is 10.3. The van der Waals surface area contributed by atoms with Gasteiger partial charge in [-0.05, 0) is 30.7 Å². The first kappa shape index (κ1) is 16.3. The number of anilines is 1. The van der Waals surface area contributed by atoms with E-state index in [2.05, 4.69) is 10.6 Å². The number of rotatable bonds is 5. The highest BCUT2D eigenvalue weighted by Gasteiger charge is 2.28. The lowest BCUT2D eigenvalue weighted by Gasteiger charge is -2.12. The van der Waals surface area contributed by atoms with Crippen LogP contribution in [0.1, 0.15) is 13.3 Å². The second-order valence-corrected chi connectivity index (χ2v) is 7.39. The third-order valence-electron chi connectivity index (χ3n) is 3.14. The van der Waals surface area contributed by atoms with Gasteiger partial charge in [-0.25, -0.2) is 8.42 Å². The summed E-state index contributed by atoms with van der Waals surface area (Å²) in [5.74, 6) is 0.0732. The summed E-state index contributed by atoms with van der Waals surface area (Å²) in [5.41, 5.74) is 0.639. The van der Waals surface area contributed by atoms with Gasteiger partial charge in [0.15, 0.2) is 16.4 Å². The van der Waals surface area contributed by atoms with Crippen molar-refractivity contribution < 1.29 is 22.7 Å². The van der Waals surface area contributed by atoms with Crippen LogP contribution in [0.4, 0.5) is 5.69 Å². The number of carbonyl (C=O) groups excluding carboxylic acids is 2. The van der Waals surface area contributed by atoms with Gasteiger partial charge in [0.2, 0.25) is 5.91 Å². The van der Waals surface area contributed by atoms with Crippen molar-refractivity contribution >= 4 is 27.3 Å². The molecular formula is C14H18N2O5S. The molecule has 2 rings (SSSR count). The summed E-state index contributed by atoms with van der Waals surface area (Å²) in [5, 5.41) is 5.26. The summed E-state index contributed by atoms with van der Waals surface area (Å²) < 4.78 is 27.9. The van der Waals surface area contributed by atoms with Gasteiger partial charge in [-0.2, -0.15) is 0 Å². The van der Waals surface area contributed by atoms with Gasteiger partial charge in [0, 0.05) is 18.7 Å². The van der Waals surface area contributed by atoms with E-state index in [0.717, 1.165) is 0 Å². The predicted molar refractivity (Wildman–Crippen MR) is 81.4 cm³/mol. The number of benzene rings is 1. The van der Waals surface area contributed by atoms with Crippen LogP contribution in [0.3, 0.4) is 0 Å². The molecule has 1 heterocycles. The highest BCUT2D eigenvalue weighted by atomic mass is 32.2. The van der Waals surface area contributed by atoms with E-state index in [0.29, 0.717) is 17.9 Å². The first-order valence-corrected chi connectivity index (χ1v) is 8.66. The van der Waals surface area contributed by atoms with Crippen molar-refractivity contribution in [2.45, 2.75) is 19.4 Å². The summed E-state index contributed by atoms with van der Waals surface area (Å²) in [7, 11) is -3.01. The fourth-order valence-corrected chi connectivity index (χ4v) is 3.84. The Kier molecular flexibility index (Phi) is 5.02. The molecule has 1 aliphatic rings. The van der Waals surface area contributed by atoms with Gasteiger partial charge in [0.25, 0.3) is 5.91 Å². The van der Waals surface area contributed by atoms with E-state index in [1.54, 1.807) is 24.3 Å². The Hall–Kier alpha value is -2.09. The molecule has 0 aromatic heterocycles. The lowest BCUT2D eigenvalue weighted by atomic mass is 10.2. The Balaban J connectivity index is 1.77. The molecule has 0 spiro atoms. The standard InChI is InChI=1S/C14H18N2O5S/c1-10(17)15-11-2-4-13(5-3-11)21-8-14(18)16-12-6-7-22(19,20)9-12/h2-5,12H,6-9H2,1H3,(H,15,17)(H,16,18)/t12-/m1/s1. The average Bonchev–Trinajstić information content (AvgIpc) is 2.76. The molecule has 120 valence electrons. The molecular weight excluding hydrogens is 308 g/mol. The van der Waals surface area contributed by atoms with Crippen LogP contribution >= 0.6 is 0 Å². The number of nitrogens with one attached hydrogen (secondary N) is 2. The van der Waals surface area contributed by atoms with Crippen LogP contribution in [0.2, 0.25) is 0 Å². The zero-order valence-electron chi connectivity index (χ0n) is 12.2. The molecule has 1 saturated heterocycles. The SMILES string of the molecule is CC(=O)Nc1ccc(OCC(=O)N[C@@H]2CCS(=O)(=O)C2)cc1. The average molecular weight is 326 g/mol. The Labute approximate surface area is 129 Å². The maximum Gasteiger partial charge on any atom is 0.258 e. The van der Waals surface area contributed by atoms with Crippen molar-refractivity contribution in [3.8, 4) is 5.75 Å². The van der Waals surface area contributed by atoms with Crippen LogP contribution in [0.25, 0.3) is 0 Å². The van der Waals surface area contributed by atoms with Crippen molar-refractivity contribution in [3.63, 3.8) is 0 Å². The van der Waals surface area contributed by atoms with Crippen LogP contribution in [-0.2, 0) is 19.4 Å². The van der Waals surface area contributed by atoms with Gasteiger partial charge in [-0.3, -0.25) is 9.59 Å². The molecule has 8 heteroatoms. The molecule has 7 nitrogen and oxygen atoms in total. The number of sulfone groups is 1. The predicted octanol–water partition coefficient (Wildman–Crippen LogP) is 0.327. The number of carbonyl (C=O) groups is 2. The van der Waals surface area contributed by atoms with Crippen molar-refractivity contribution in [3.05, 3.63) is 24.3 Å². The zero-order chi connectivity index (χ0) is 16.2. The van der Waals surface area contributed by atoms with E-state index >= 15 is 0 Å². The van der Waals surface area contributed by atoms with Crippen LogP contribution in [0.15, 0.2) is 24.3 Å². The summed E-state index contributed by atoms with van der Waals surface area (Å²) in [6.45, 7) is 1.23. The van der Waals surface area contributed by atoms with E-state index in [-0.39, 0.29) is 36.0 Å². The van der Waals surface area contributed by atoms with Crippen molar-refractivity contribution in [1.29, 1.82) is 0 Å². The molecule has 0 bridgehead atoms. The minimum atomic E-state index is -3.01. The molecule has 2 N–H and O–H groups in total. The minimum absolute atomic E-state index is 0.00977. The highest BCUT2D eigenvalue weighted by molar-refractivity contribution is 7.91. The smallest absolute Gasteiger partial charge is 0.258 e. The van der Waals surface area contributed by atoms with Gasteiger partial charge < -0.3 is 15.4 Å². The van der Waals surface area contributed by atoms with Crippen LogP contribution in [0, 0.1) is 0 Å². The molecule has 1 atom stereocenters. The second kappa shape index (κ2) is 6.78. The van der Waals surface area contributed by atoms with Gasteiger partial charge in [0.05, 0.1) is 11.5 Å². The molecule has 22 heavy (non-hydrogen) atoms. The fraction of sp³-hybridized carbons (Fsp3) is 0.429. The number of hydrogen-bond acceptors (Lipinski definition) is 5. The van der Waals surface area contributed by atoms with Crippen molar-refractivity contribution in [2.24, 2.45) is 0 Å². The Morgan fingerprint density at radius 3 is 2.50 bits per heavy atom. The normalized spacial score (nSPS) is 19.4. The van der Waals surface area contributed by atoms with Crippen LogP contribution in [-0.4, -0.2) is 44.4 Å². The summed E-state index contributed by atoms with van der Waals surface area (Å²) in [6, 6.07) is 6.27. The molecule has 1 aliphatic heterocycles. The van der Waals surface area contributed by atoms with E-state index in [4.69, 9.17) is 4.74 Å². The number of ether oxygens (including phenoxy) is 1. The van der Waals surface area contributed by atoms with Gasteiger partial charge in [-0.1, -0.05) is 0 Å². The lowest BCUT2D eigenvalue weighted by molar-refractivity contribution is -0.123. The highest BCUT2D eigenvalue weighted by Crippen LogP contribution is 2.16. The Morgan fingerprint density at radius 1 is 1.27 bits per heavy atom. The molecule has 0 radical (unpaired) electrons. The van der Waals surface area contributed by atoms with Crippen LogP contribution in [0.5, 0.6) is 5.75 Å². The third-order valence-corrected chi connectivity index (χ3v) is 4.91. The number of amides is 2. The van der Waals surface area contributed by atoms with Gasteiger partial charge in [-0.15, -0.1) is 0 Å². The third kappa shape index (κ3) is 5.03. The van der Waals surface area contributed by atoms with Crippen molar-refractivity contribution in [2.75, 3.05) is 23.4 Å². The van der Waals surface area contributed by atoms with E-state index < -0.39 is 9.84 Å². The molecule has 0 saturated carbocycles. The molecule has 1 aromatic rings. The van der Waals surface area contributed by atoms with Gasteiger partial charge >= 0.3 is 0 Å². The largest absolute Gasteiger partial charge is 0.484 e. The summed E-state index contributed by atoms with van der Waals surface area (Å²) >= 11 is 0. The maximum atomic E-state index is 11.7. The van der Waals surface area contributed by atoms with Crippen LogP contribution < -0.4 is 15.4 Å². The topological polar surface area (TPSA) is 102 Å². The van der Waals surface area contributed by atoms with E-state index in [1.165, 1.54) is 6.92 Å². The second-order valence-electron chi connectivity index (χ2n) is 5.16. The lowest BCUT2D eigenvalue weighted by Crippen LogP contribution is -2.38. The summed E-state index contributed by atoms with van der Waals surface area (Å²) in [4.78, 5) is 22.6. The Bertz CT molecular complexity index is 654. The zero-order valence-corrected chi connectivity index (χ0v) is 13.0. The van der Waals surface area contributed by atoms with E-state index in [1.807, 2.05) is 0 Å². The molecule has 1 fully saturated rings. The first-order valence-electron chi connectivity index (χ1n) is 6.84. The van der Waals surface area contributed by atoms with E-state index in [9.17, 15) is 18.0 Å². The Morgan fingerprint density at radius 2 is 1.95 bits per heavy atom. The monoisotopic (exact) mass is 326 g/mol. The fourth-order valence-electron chi connectivity index (χ4n) is 2.16. The molecule has 1 aromatic carbocycles. The molecule has 0 unspecified atom stereocenters. The minimum Gasteiger partial charge on any atom is -0.484 e. The van der Waals surface area contributed by atoms with Gasteiger partial charge in [0.1, 0.15) is 5.75 Å². The summed E-state index contributed by atoms with van der Waals surface area (Å²) in [6.07, 6.45) is 0.444. The quantitative estimate of drug-likeness (QED) is 0.812. The molecule has 2 amide bonds.